The monoisotopic (exact) mass is 439 g/mol. The van der Waals surface area contributed by atoms with E-state index in [1.807, 2.05) is 25.1 Å². The lowest BCUT2D eigenvalue weighted by atomic mass is 9.76. The maximum Gasteiger partial charge on any atom is 0.150 e. The summed E-state index contributed by atoms with van der Waals surface area (Å²) in [5.74, 6) is 0.638. The molecule has 6 heteroatoms. The van der Waals surface area contributed by atoms with Gasteiger partial charge in [-0.15, -0.1) is 0 Å². The normalized spacial score (nSPS) is 19.4. The van der Waals surface area contributed by atoms with Crippen LogP contribution in [0.25, 0.3) is 0 Å². The lowest BCUT2D eigenvalue weighted by molar-refractivity contribution is 0.467. The fourth-order valence-corrected chi connectivity index (χ4v) is 5.69. The van der Waals surface area contributed by atoms with Crippen LogP contribution in [0.5, 0.6) is 0 Å². The molecule has 0 radical (unpaired) electrons. The smallest absolute Gasteiger partial charge is 0.150 e. The molecule has 152 valence electrons. The average Bonchev–Trinajstić information content (AvgIpc) is 2.65. The van der Waals surface area contributed by atoms with E-state index >= 15 is 0 Å². The third kappa shape index (κ3) is 5.29. The lowest BCUT2D eigenvalue weighted by Crippen LogP contribution is -2.34. The Hall–Kier alpha value is -1.07. The van der Waals surface area contributed by atoms with Gasteiger partial charge in [-0.3, -0.25) is 0 Å². The second kappa shape index (κ2) is 9.17. The molecule has 2 unspecified atom stereocenters. The van der Waals surface area contributed by atoms with Crippen LogP contribution >= 0.6 is 23.2 Å². The number of hydrogen-bond donors (Lipinski definition) is 1. The number of sulfone groups is 1. The SMILES string of the molecule is CCCS(=O)(=O)CCc1ccc2c(c1)C(Cc1ccc(Cl)c(Cl)c1)C(N)CC2. The molecular formula is C22H27Cl2NO2S. The molecule has 0 spiro atoms. The van der Waals surface area contributed by atoms with Crippen molar-refractivity contribution in [3.63, 3.8) is 0 Å². The first-order valence-corrected chi connectivity index (χ1v) is 12.4. The van der Waals surface area contributed by atoms with E-state index in [0.29, 0.717) is 22.9 Å². The van der Waals surface area contributed by atoms with E-state index in [1.165, 1.54) is 11.1 Å². The fourth-order valence-electron chi connectivity index (χ4n) is 4.00. The highest BCUT2D eigenvalue weighted by Crippen LogP contribution is 2.35. The molecule has 2 aromatic carbocycles. The number of benzene rings is 2. The maximum atomic E-state index is 12.1. The first-order valence-electron chi connectivity index (χ1n) is 9.80. The van der Waals surface area contributed by atoms with Crippen molar-refractivity contribution in [1.82, 2.24) is 0 Å². The molecule has 28 heavy (non-hydrogen) atoms. The van der Waals surface area contributed by atoms with Crippen molar-refractivity contribution in [3.8, 4) is 0 Å². The van der Waals surface area contributed by atoms with Crippen LogP contribution in [0.2, 0.25) is 10.0 Å². The Morgan fingerprint density at radius 2 is 1.79 bits per heavy atom. The minimum atomic E-state index is -2.98. The molecule has 0 amide bonds. The van der Waals surface area contributed by atoms with Gasteiger partial charge in [0.1, 0.15) is 0 Å². The summed E-state index contributed by atoms with van der Waals surface area (Å²) in [6.45, 7) is 1.89. The van der Waals surface area contributed by atoms with E-state index in [-0.39, 0.29) is 23.5 Å². The van der Waals surface area contributed by atoms with E-state index < -0.39 is 9.84 Å². The predicted octanol–water partition coefficient (Wildman–Crippen LogP) is 4.96. The zero-order valence-electron chi connectivity index (χ0n) is 16.1. The first-order chi connectivity index (χ1) is 13.3. The molecule has 0 fully saturated rings. The zero-order chi connectivity index (χ0) is 20.3. The average molecular weight is 440 g/mol. The van der Waals surface area contributed by atoms with Gasteiger partial charge in [-0.2, -0.15) is 0 Å². The van der Waals surface area contributed by atoms with Crippen LogP contribution in [0.15, 0.2) is 36.4 Å². The van der Waals surface area contributed by atoms with Gasteiger partial charge >= 0.3 is 0 Å². The topological polar surface area (TPSA) is 60.2 Å². The molecule has 0 heterocycles. The summed E-state index contributed by atoms with van der Waals surface area (Å²) in [6, 6.07) is 12.2. The van der Waals surface area contributed by atoms with Crippen molar-refractivity contribution in [2.75, 3.05) is 11.5 Å². The summed E-state index contributed by atoms with van der Waals surface area (Å²) in [7, 11) is -2.98. The van der Waals surface area contributed by atoms with E-state index in [0.717, 1.165) is 30.4 Å². The van der Waals surface area contributed by atoms with Gasteiger partial charge in [0, 0.05) is 17.7 Å². The molecule has 0 aliphatic heterocycles. The molecule has 0 aromatic heterocycles. The Kier molecular flexibility index (Phi) is 7.08. The molecule has 2 N–H and O–H groups in total. The summed E-state index contributed by atoms with van der Waals surface area (Å²) < 4.78 is 24.1. The van der Waals surface area contributed by atoms with Crippen molar-refractivity contribution in [1.29, 1.82) is 0 Å². The van der Waals surface area contributed by atoms with E-state index in [1.54, 1.807) is 0 Å². The van der Waals surface area contributed by atoms with Gasteiger partial charge in [-0.05, 0) is 66.5 Å². The van der Waals surface area contributed by atoms with Gasteiger partial charge in [0.05, 0.1) is 15.8 Å². The highest BCUT2D eigenvalue weighted by Gasteiger charge is 2.27. The molecule has 0 bridgehead atoms. The number of aryl methyl sites for hydroxylation is 2. The van der Waals surface area contributed by atoms with Crippen molar-refractivity contribution in [2.45, 2.75) is 51.0 Å². The van der Waals surface area contributed by atoms with Gasteiger partial charge in [-0.1, -0.05) is 54.4 Å². The minimum Gasteiger partial charge on any atom is -0.327 e. The Balaban J connectivity index is 1.83. The van der Waals surface area contributed by atoms with Crippen molar-refractivity contribution >= 4 is 33.0 Å². The van der Waals surface area contributed by atoms with Crippen LogP contribution in [0.4, 0.5) is 0 Å². The fraction of sp³-hybridized carbons (Fsp3) is 0.455. The molecule has 3 nitrogen and oxygen atoms in total. The first kappa shape index (κ1) is 21.6. The van der Waals surface area contributed by atoms with Gasteiger partial charge in [0.15, 0.2) is 9.84 Å². The highest BCUT2D eigenvalue weighted by atomic mass is 35.5. The summed E-state index contributed by atoms with van der Waals surface area (Å²) in [5.41, 5.74) is 11.2. The Bertz CT molecular complexity index is 944. The summed E-state index contributed by atoms with van der Waals surface area (Å²) in [4.78, 5) is 0. The second-order valence-corrected chi connectivity index (χ2v) is 10.8. The van der Waals surface area contributed by atoms with Crippen molar-refractivity contribution in [3.05, 3.63) is 68.7 Å². The Morgan fingerprint density at radius 3 is 2.50 bits per heavy atom. The highest BCUT2D eigenvalue weighted by molar-refractivity contribution is 7.91. The standard InChI is InChI=1S/C22H27Cl2NO2S/c1-2-10-28(26,27)11-9-15-3-5-17-6-8-22(25)19(18(17)12-15)13-16-4-7-20(23)21(24)14-16/h3-5,7,12,14,19,22H,2,6,8-11,13,25H2,1H3. The number of nitrogens with two attached hydrogens (primary N) is 1. The number of fused-ring (bicyclic) bond motifs is 1. The molecule has 2 aromatic rings. The third-order valence-corrected chi connectivity index (χ3v) is 8.13. The van der Waals surface area contributed by atoms with Crippen molar-refractivity contribution < 1.29 is 8.42 Å². The predicted molar refractivity (Wildman–Crippen MR) is 118 cm³/mol. The summed E-state index contributed by atoms with van der Waals surface area (Å²) >= 11 is 12.2. The molecular weight excluding hydrogens is 413 g/mol. The van der Waals surface area contributed by atoms with Crippen LogP contribution in [-0.4, -0.2) is 26.0 Å². The van der Waals surface area contributed by atoms with E-state index in [9.17, 15) is 8.42 Å². The van der Waals surface area contributed by atoms with Crippen LogP contribution in [0.1, 0.15) is 47.9 Å². The molecule has 0 saturated carbocycles. The molecule has 1 aliphatic rings. The zero-order valence-corrected chi connectivity index (χ0v) is 18.5. The number of rotatable bonds is 7. The van der Waals surface area contributed by atoms with Crippen LogP contribution < -0.4 is 5.73 Å². The summed E-state index contributed by atoms with van der Waals surface area (Å²) in [5, 5.41) is 1.10. The van der Waals surface area contributed by atoms with Gasteiger partial charge in [-0.25, -0.2) is 8.42 Å². The molecule has 1 aliphatic carbocycles. The van der Waals surface area contributed by atoms with Crippen LogP contribution in [-0.2, 0) is 29.1 Å². The maximum absolute atomic E-state index is 12.1. The molecule has 2 atom stereocenters. The minimum absolute atomic E-state index is 0.0704. The Morgan fingerprint density at radius 1 is 1.04 bits per heavy atom. The summed E-state index contributed by atoms with van der Waals surface area (Å²) in [6.07, 6.45) is 3.91. The van der Waals surface area contributed by atoms with Gasteiger partial charge in [0.2, 0.25) is 0 Å². The van der Waals surface area contributed by atoms with Crippen molar-refractivity contribution in [2.24, 2.45) is 5.73 Å². The largest absolute Gasteiger partial charge is 0.327 e. The molecule has 0 saturated heterocycles. The molecule has 3 rings (SSSR count). The Labute approximate surface area is 178 Å². The van der Waals surface area contributed by atoms with Gasteiger partial charge in [0.25, 0.3) is 0 Å². The third-order valence-electron chi connectivity index (χ3n) is 5.53. The van der Waals surface area contributed by atoms with Crippen LogP contribution in [0.3, 0.4) is 0 Å². The van der Waals surface area contributed by atoms with E-state index in [4.69, 9.17) is 28.9 Å². The quantitative estimate of drug-likeness (QED) is 0.662. The second-order valence-electron chi connectivity index (χ2n) is 7.70. The van der Waals surface area contributed by atoms with Crippen LogP contribution in [0, 0.1) is 0 Å². The number of hydrogen-bond acceptors (Lipinski definition) is 3. The van der Waals surface area contributed by atoms with Gasteiger partial charge < -0.3 is 5.73 Å². The number of halogens is 2. The van der Waals surface area contributed by atoms with E-state index in [2.05, 4.69) is 18.2 Å². The lowest BCUT2D eigenvalue weighted by Gasteiger charge is -2.32.